The first-order valence-electron chi connectivity index (χ1n) is 7.85. The van der Waals surface area contributed by atoms with Crippen LogP contribution in [0.3, 0.4) is 0 Å². The summed E-state index contributed by atoms with van der Waals surface area (Å²) in [6, 6.07) is 7.06. The molecule has 3 rings (SSSR count). The molecule has 1 amide bonds. The van der Waals surface area contributed by atoms with Crippen LogP contribution in [0.2, 0.25) is 0 Å². The van der Waals surface area contributed by atoms with E-state index < -0.39 is 5.97 Å². The first-order chi connectivity index (χ1) is 11.8. The van der Waals surface area contributed by atoms with Crippen molar-refractivity contribution in [2.24, 2.45) is 0 Å². The molecule has 0 spiro atoms. The molecule has 1 aromatic carbocycles. The van der Waals surface area contributed by atoms with Gasteiger partial charge in [-0.25, -0.2) is 4.79 Å². The van der Waals surface area contributed by atoms with Gasteiger partial charge in [-0.15, -0.1) is 0 Å². The van der Waals surface area contributed by atoms with Crippen LogP contribution in [0.25, 0.3) is 11.0 Å². The first-order valence-corrected chi connectivity index (χ1v) is 7.85. The second-order valence-electron chi connectivity index (χ2n) is 6.23. The largest absolute Gasteiger partial charge is 0.478 e. The van der Waals surface area contributed by atoms with Crippen molar-refractivity contribution in [2.75, 3.05) is 7.05 Å². The second-order valence-corrected chi connectivity index (χ2v) is 6.23. The van der Waals surface area contributed by atoms with Crippen LogP contribution in [-0.2, 0) is 6.54 Å². The van der Waals surface area contributed by atoms with Crippen LogP contribution < -0.4 is 0 Å². The molecule has 0 saturated heterocycles. The fourth-order valence-electron chi connectivity index (χ4n) is 2.74. The number of aromatic carboxylic acids is 1. The molecule has 0 atom stereocenters. The van der Waals surface area contributed by atoms with E-state index in [-0.39, 0.29) is 23.8 Å². The predicted octanol–water partition coefficient (Wildman–Crippen LogP) is 3.92. The van der Waals surface area contributed by atoms with E-state index >= 15 is 0 Å². The zero-order valence-electron chi connectivity index (χ0n) is 14.5. The molecule has 1 N–H and O–H groups in total. The van der Waals surface area contributed by atoms with Crippen LogP contribution in [0.5, 0.6) is 0 Å². The fraction of sp³-hybridized carbons (Fsp3) is 0.263. The van der Waals surface area contributed by atoms with Gasteiger partial charge >= 0.3 is 5.97 Å². The van der Waals surface area contributed by atoms with Crippen molar-refractivity contribution in [1.82, 2.24) is 4.90 Å². The van der Waals surface area contributed by atoms with Crippen LogP contribution in [-0.4, -0.2) is 28.9 Å². The van der Waals surface area contributed by atoms with Crippen molar-refractivity contribution < 1.29 is 23.5 Å². The smallest absolute Gasteiger partial charge is 0.339 e. The Bertz CT molecular complexity index is 940. The Balaban J connectivity index is 1.82. The molecular formula is C19H19NO5. The summed E-state index contributed by atoms with van der Waals surface area (Å²) in [6.07, 6.45) is 0. The van der Waals surface area contributed by atoms with E-state index in [1.165, 1.54) is 11.0 Å². The lowest BCUT2D eigenvalue weighted by Crippen LogP contribution is -2.25. The maximum Gasteiger partial charge on any atom is 0.339 e. The lowest BCUT2D eigenvalue weighted by atomic mass is 10.1. The number of carbonyl (C=O) groups excluding carboxylic acids is 1. The van der Waals surface area contributed by atoms with Crippen molar-refractivity contribution in [3.8, 4) is 0 Å². The second kappa shape index (κ2) is 6.12. The van der Waals surface area contributed by atoms with E-state index in [0.29, 0.717) is 17.1 Å². The number of carboxylic acids is 1. The highest BCUT2D eigenvalue weighted by atomic mass is 16.4. The topological polar surface area (TPSA) is 83.9 Å². The average Bonchev–Trinajstić information content (AvgIpc) is 3.10. The number of hydrogen-bond acceptors (Lipinski definition) is 4. The van der Waals surface area contributed by atoms with Crippen molar-refractivity contribution in [3.05, 3.63) is 58.2 Å². The molecule has 0 fully saturated rings. The number of carboxylic acid groups (broad SMARTS) is 1. The van der Waals surface area contributed by atoms with Crippen LogP contribution in [0.4, 0.5) is 0 Å². The molecule has 6 nitrogen and oxygen atoms in total. The van der Waals surface area contributed by atoms with Crippen LogP contribution >= 0.6 is 0 Å². The van der Waals surface area contributed by atoms with Gasteiger partial charge in [-0.3, -0.25) is 4.79 Å². The van der Waals surface area contributed by atoms with Crippen molar-refractivity contribution in [3.63, 3.8) is 0 Å². The molecule has 130 valence electrons. The normalized spacial score (nSPS) is 11.0. The summed E-state index contributed by atoms with van der Waals surface area (Å²) in [5, 5.41) is 9.95. The maximum absolute atomic E-state index is 12.6. The molecule has 0 bridgehead atoms. The summed E-state index contributed by atoms with van der Waals surface area (Å²) in [6.45, 7) is 5.74. The molecule has 0 saturated carbocycles. The van der Waals surface area contributed by atoms with E-state index in [2.05, 4.69) is 0 Å². The van der Waals surface area contributed by atoms with E-state index in [0.717, 1.165) is 16.5 Å². The van der Waals surface area contributed by atoms with Crippen molar-refractivity contribution in [1.29, 1.82) is 0 Å². The van der Waals surface area contributed by atoms with E-state index in [4.69, 9.17) is 13.9 Å². The zero-order valence-corrected chi connectivity index (χ0v) is 14.5. The minimum absolute atomic E-state index is 0.102. The number of rotatable bonds is 4. The van der Waals surface area contributed by atoms with Crippen LogP contribution in [0.1, 0.15) is 43.6 Å². The van der Waals surface area contributed by atoms with Gasteiger partial charge in [0.25, 0.3) is 5.91 Å². The Hall–Kier alpha value is -3.02. The van der Waals surface area contributed by atoms with Crippen LogP contribution in [0.15, 0.2) is 33.1 Å². The maximum atomic E-state index is 12.6. The van der Waals surface area contributed by atoms with Gasteiger partial charge in [0.2, 0.25) is 0 Å². The summed E-state index contributed by atoms with van der Waals surface area (Å²) in [5.41, 5.74) is 3.00. The summed E-state index contributed by atoms with van der Waals surface area (Å²) in [7, 11) is 1.62. The minimum Gasteiger partial charge on any atom is -0.478 e. The summed E-state index contributed by atoms with van der Waals surface area (Å²) < 4.78 is 11.1. The Labute approximate surface area is 144 Å². The van der Waals surface area contributed by atoms with Gasteiger partial charge in [0.05, 0.1) is 6.54 Å². The zero-order chi connectivity index (χ0) is 18.3. The molecule has 2 heterocycles. The highest BCUT2D eigenvalue weighted by molar-refractivity contribution is 5.96. The van der Waals surface area contributed by atoms with Crippen molar-refractivity contribution >= 4 is 22.8 Å². The average molecular weight is 341 g/mol. The number of aryl methyl sites for hydroxylation is 3. The third-order valence-corrected chi connectivity index (χ3v) is 4.28. The molecule has 0 aliphatic heterocycles. The molecule has 3 aromatic rings. The lowest BCUT2D eigenvalue weighted by Gasteiger charge is -2.13. The number of benzene rings is 1. The van der Waals surface area contributed by atoms with Gasteiger partial charge < -0.3 is 18.8 Å². The molecule has 2 aromatic heterocycles. The Morgan fingerprint density at radius 3 is 2.36 bits per heavy atom. The number of nitrogens with zero attached hydrogens (tertiary/aromatic N) is 1. The van der Waals surface area contributed by atoms with E-state index in [9.17, 15) is 9.59 Å². The Kier molecular flexibility index (Phi) is 4.12. The lowest BCUT2D eigenvalue weighted by molar-refractivity contribution is 0.0693. The van der Waals surface area contributed by atoms with Gasteiger partial charge in [-0.05, 0) is 56.2 Å². The van der Waals surface area contributed by atoms with Gasteiger partial charge in [0, 0.05) is 12.4 Å². The number of furan rings is 2. The first kappa shape index (κ1) is 16.8. The third-order valence-electron chi connectivity index (χ3n) is 4.28. The number of amides is 1. The number of fused-ring (bicyclic) bond motifs is 1. The molecule has 0 unspecified atom stereocenters. The molecule has 0 radical (unpaired) electrons. The quantitative estimate of drug-likeness (QED) is 0.777. The molecule has 0 aliphatic rings. The van der Waals surface area contributed by atoms with E-state index in [1.807, 2.05) is 26.0 Å². The highest BCUT2D eigenvalue weighted by Gasteiger charge is 2.20. The fourth-order valence-corrected chi connectivity index (χ4v) is 2.74. The molecular weight excluding hydrogens is 322 g/mol. The number of carbonyl (C=O) groups is 2. The van der Waals surface area contributed by atoms with Gasteiger partial charge in [-0.2, -0.15) is 0 Å². The third kappa shape index (κ3) is 3.15. The highest BCUT2D eigenvalue weighted by Crippen LogP contribution is 2.24. The Morgan fingerprint density at radius 1 is 1.04 bits per heavy atom. The molecule has 25 heavy (non-hydrogen) atoms. The van der Waals surface area contributed by atoms with Gasteiger partial charge in [-0.1, -0.05) is 0 Å². The van der Waals surface area contributed by atoms with Crippen LogP contribution in [0, 0.1) is 20.8 Å². The monoisotopic (exact) mass is 341 g/mol. The predicted molar refractivity (Wildman–Crippen MR) is 91.9 cm³/mol. The van der Waals surface area contributed by atoms with E-state index in [1.54, 1.807) is 20.0 Å². The summed E-state index contributed by atoms with van der Waals surface area (Å²) in [5.74, 6) is -0.377. The van der Waals surface area contributed by atoms with Crippen molar-refractivity contribution in [2.45, 2.75) is 27.3 Å². The SMILES string of the molecule is Cc1cc2cc(C(=O)N(C)Cc3cc(C(=O)O)c(C)o3)oc2cc1C. The molecule has 0 aliphatic carbocycles. The van der Waals surface area contributed by atoms with Gasteiger partial charge in [0.15, 0.2) is 5.76 Å². The summed E-state index contributed by atoms with van der Waals surface area (Å²) in [4.78, 5) is 25.1. The minimum atomic E-state index is -1.05. The number of hydrogen-bond donors (Lipinski definition) is 1. The summed E-state index contributed by atoms with van der Waals surface area (Å²) >= 11 is 0. The standard InChI is InChI=1S/C19H19NO5/c1-10-5-13-7-17(25-16(13)6-11(10)2)18(21)20(4)9-14-8-15(19(22)23)12(3)24-14/h5-8H,9H2,1-4H3,(H,22,23). The molecule has 6 heteroatoms. The van der Waals surface area contributed by atoms with Gasteiger partial charge in [0.1, 0.15) is 22.7 Å². The Morgan fingerprint density at radius 2 is 1.72 bits per heavy atom.